The molecular formula is C24H38O5. The number of rotatable bonds is 4. The average Bonchev–Trinajstić information content (AvgIpc) is 3.01. The summed E-state index contributed by atoms with van der Waals surface area (Å²) in [4.78, 5) is 23.1. The van der Waals surface area contributed by atoms with E-state index in [2.05, 4.69) is 20.8 Å². The molecule has 0 radical (unpaired) electrons. The maximum atomic E-state index is 12.1. The van der Waals surface area contributed by atoms with Gasteiger partial charge in [-0.05, 0) is 84.9 Å². The van der Waals surface area contributed by atoms with Crippen molar-refractivity contribution < 1.29 is 24.9 Å². The molecule has 0 aromatic rings. The molecule has 0 aromatic heterocycles. The number of Topliss-reactive ketones (excluding diaryl/α,β-unsaturated/α-hetero) is 1. The fourth-order valence-electron chi connectivity index (χ4n) is 8.50. The molecule has 3 N–H and O–H groups in total. The lowest BCUT2D eigenvalue weighted by molar-refractivity contribution is -0.201. The van der Waals surface area contributed by atoms with Crippen LogP contribution in [0.2, 0.25) is 0 Å². The third-order valence-electron chi connectivity index (χ3n) is 10.2. The minimum atomic E-state index is -0.755. The molecule has 0 aliphatic heterocycles. The smallest absolute Gasteiger partial charge is 0.303 e. The number of ketones is 1. The van der Waals surface area contributed by atoms with Gasteiger partial charge in [0.25, 0.3) is 0 Å². The zero-order chi connectivity index (χ0) is 21.1. The number of aliphatic hydroxyl groups excluding tert-OH is 2. The summed E-state index contributed by atoms with van der Waals surface area (Å²) in [5, 5.41) is 31.8. The second kappa shape index (κ2) is 7.33. The normalized spacial score (nSPS) is 50.4. The van der Waals surface area contributed by atoms with Gasteiger partial charge in [0.1, 0.15) is 5.78 Å². The fraction of sp³-hybridized carbons (Fsp3) is 0.917. The number of aliphatic hydroxyl groups is 2. The van der Waals surface area contributed by atoms with E-state index in [1.807, 2.05) is 0 Å². The predicted molar refractivity (Wildman–Crippen MR) is 109 cm³/mol. The molecule has 5 nitrogen and oxygen atoms in total. The van der Waals surface area contributed by atoms with Crippen LogP contribution in [0.4, 0.5) is 0 Å². The number of carbonyl (C=O) groups is 2. The van der Waals surface area contributed by atoms with Crippen LogP contribution in [0.15, 0.2) is 0 Å². The van der Waals surface area contributed by atoms with Crippen LogP contribution >= 0.6 is 0 Å². The maximum absolute atomic E-state index is 12.1. The standard InChI is InChI=1S/C24H38O5/c1-13(4-7-21(28)29)16-5-6-17-22-18(12-20(27)24(16,17)3)23(2)9-8-15(25)10-14(23)11-19(22)26/h13-14,16-20,22,26-27H,4-12H2,1-3H3,(H,28,29)/t13-,14?,16-,17?,18?,19?,20?,22?,23+,24-/m1/s1. The quantitative estimate of drug-likeness (QED) is 0.662. The molecule has 4 saturated carbocycles. The van der Waals surface area contributed by atoms with Gasteiger partial charge in [-0.15, -0.1) is 0 Å². The summed E-state index contributed by atoms with van der Waals surface area (Å²) in [6, 6.07) is 0. The Balaban J connectivity index is 1.61. The van der Waals surface area contributed by atoms with E-state index in [0.717, 1.165) is 19.3 Å². The van der Waals surface area contributed by atoms with E-state index in [1.54, 1.807) is 0 Å². The van der Waals surface area contributed by atoms with Crippen molar-refractivity contribution in [3.05, 3.63) is 0 Å². The fourth-order valence-corrected chi connectivity index (χ4v) is 8.50. The van der Waals surface area contributed by atoms with Crippen LogP contribution in [-0.2, 0) is 9.59 Å². The molecule has 4 aliphatic rings. The lowest BCUT2D eigenvalue weighted by Gasteiger charge is -2.63. The Hall–Kier alpha value is -0.940. The summed E-state index contributed by atoms with van der Waals surface area (Å²) >= 11 is 0. The Morgan fingerprint density at radius 2 is 1.90 bits per heavy atom. The van der Waals surface area contributed by atoms with E-state index in [1.165, 1.54) is 0 Å². The lowest BCUT2D eigenvalue weighted by atomic mass is 9.43. The van der Waals surface area contributed by atoms with Gasteiger partial charge in [-0.3, -0.25) is 9.59 Å². The van der Waals surface area contributed by atoms with Crippen LogP contribution in [0, 0.1) is 46.3 Å². The topological polar surface area (TPSA) is 94.8 Å². The summed E-state index contributed by atoms with van der Waals surface area (Å²) < 4.78 is 0. The van der Waals surface area contributed by atoms with Crippen LogP contribution in [-0.4, -0.2) is 39.3 Å². The molecule has 0 saturated heterocycles. The van der Waals surface area contributed by atoms with E-state index in [-0.39, 0.29) is 46.8 Å². The SMILES string of the molecule is C[C@H](CCC(=O)O)[C@H]1CCC2C3C(O)CC4CC(=O)CC[C@]4(C)C3CC(O)[C@@]21C. The molecule has 4 aliphatic carbocycles. The van der Waals surface area contributed by atoms with Crippen LogP contribution in [0.25, 0.3) is 0 Å². The van der Waals surface area contributed by atoms with Crippen molar-refractivity contribution in [2.24, 2.45) is 46.3 Å². The Kier molecular flexibility index (Phi) is 5.39. The Morgan fingerprint density at radius 1 is 1.17 bits per heavy atom. The zero-order valence-electron chi connectivity index (χ0n) is 18.1. The van der Waals surface area contributed by atoms with Gasteiger partial charge in [-0.1, -0.05) is 20.8 Å². The molecule has 6 unspecified atom stereocenters. The minimum absolute atomic E-state index is 0.0348. The molecule has 4 fully saturated rings. The summed E-state index contributed by atoms with van der Waals surface area (Å²) in [5.41, 5.74) is -0.221. The van der Waals surface area contributed by atoms with Gasteiger partial charge in [0.2, 0.25) is 0 Å². The summed E-state index contributed by atoms with van der Waals surface area (Å²) in [6.45, 7) is 6.66. The Morgan fingerprint density at radius 3 is 2.59 bits per heavy atom. The van der Waals surface area contributed by atoms with Gasteiger partial charge < -0.3 is 15.3 Å². The van der Waals surface area contributed by atoms with Crippen molar-refractivity contribution in [2.75, 3.05) is 0 Å². The van der Waals surface area contributed by atoms with Crippen molar-refractivity contribution in [3.63, 3.8) is 0 Å². The molecule has 0 bridgehead atoms. The molecule has 0 amide bonds. The first-order chi connectivity index (χ1) is 13.6. The van der Waals surface area contributed by atoms with Gasteiger partial charge in [-0.25, -0.2) is 0 Å². The Labute approximate surface area is 174 Å². The number of hydrogen-bond acceptors (Lipinski definition) is 4. The van der Waals surface area contributed by atoms with E-state index in [0.29, 0.717) is 43.8 Å². The molecule has 10 atom stereocenters. The average molecular weight is 407 g/mol. The summed E-state index contributed by atoms with van der Waals surface area (Å²) in [5.74, 6) is 1.10. The number of carboxylic acids is 1. The van der Waals surface area contributed by atoms with Gasteiger partial charge in [-0.2, -0.15) is 0 Å². The van der Waals surface area contributed by atoms with Gasteiger partial charge in [0.05, 0.1) is 12.2 Å². The molecular weight excluding hydrogens is 368 g/mol. The first kappa shape index (κ1) is 21.3. The third-order valence-corrected chi connectivity index (χ3v) is 10.2. The highest BCUT2D eigenvalue weighted by atomic mass is 16.4. The number of fused-ring (bicyclic) bond motifs is 5. The lowest BCUT2D eigenvalue weighted by Crippen LogP contribution is -2.62. The number of aliphatic carboxylic acids is 1. The van der Waals surface area contributed by atoms with Crippen LogP contribution in [0.1, 0.15) is 78.6 Å². The van der Waals surface area contributed by atoms with E-state index in [9.17, 15) is 19.8 Å². The number of hydrogen-bond donors (Lipinski definition) is 3. The largest absolute Gasteiger partial charge is 0.481 e. The highest BCUT2D eigenvalue weighted by Crippen LogP contribution is 2.68. The molecule has 4 rings (SSSR count). The molecule has 29 heavy (non-hydrogen) atoms. The molecule has 0 spiro atoms. The van der Waals surface area contributed by atoms with E-state index < -0.39 is 18.2 Å². The summed E-state index contributed by atoms with van der Waals surface area (Å²) in [7, 11) is 0. The first-order valence-corrected chi connectivity index (χ1v) is 11.7. The van der Waals surface area contributed by atoms with Crippen molar-refractivity contribution in [2.45, 2.75) is 90.8 Å². The predicted octanol–water partition coefficient (Wildman–Crippen LogP) is 3.66. The number of carboxylic acid groups (broad SMARTS) is 1. The molecule has 5 heteroatoms. The highest BCUT2D eigenvalue weighted by Gasteiger charge is 2.65. The first-order valence-electron chi connectivity index (χ1n) is 11.7. The molecule has 0 heterocycles. The maximum Gasteiger partial charge on any atom is 0.303 e. The molecule has 164 valence electrons. The van der Waals surface area contributed by atoms with Gasteiger partial charge in [0, 0.05) is 19.3 Å². The number of carbonyl (C=O) groups excluding carboxylic acids is 1. The van der Waals surface area contributed by atoms with Crippen molar-refractivity contribution in [1.82, 2.24) is 0 Å². The second-order valence-corrected chi connectivity index (χ2v) is 11.2. The Bertz CT molecular complexity index is 676. The minimum Gasteiger partial charge on any atom is -0.481 e. The van der Waals surface area contributed by atoms with Crippen LogP contribution in [0.3, 0.4) is 0 Å². The van der Waals surface area contributed by atoms with Gasteiger partial charge >= 0.3 is 5.97 Å². The van der Waals surface area contributed by atoms with E-state index in [4.69, 9.17) is 5.11 Å². The monoisotopic (exact) mass is 406 g/mol. The van der Waals surface area contributed by atoms with Gasteiger partial charge in [0.15, 0.2) is 0 Å². The van der Waals surface area contributed by atoms with Crippen molar-refractivity contribution >= 4 is 11.8 Å². The second-order valence-electron chi connectivity index (χ2n) is 11.2. The van der Waals surface area contributed by atoms with E-state index >= 15 is 0 Å². The zero-order valence-corrected chi connectivity index (χ0v) is 18.1. The molecule has 0 aromatic carbocycles. The summed E-state index contributed by atoms with van der Waals surface area (Å²) in [6.07, 6.45) is 5.56. The van der Waals surface area contributed by atoms with Crippen LogP contribution < -0.4 is 0 Å². The van der Waals surface area contributed by atoms with Crippen LogP contribution in [0.5, 0.6) is 0 Å². The third kappa shape index (κ3) is 3.18. The van der Waals surface area contributed by atoms with Crippen molar-refractivity contribution in [1.29, 1.82) is 0 Å². The highest BCUT2D eigenvalue weighted by molar-refractivity contribution is 5.79. The van der Waals surface area contributed by atoms with Crippen molar-refractivity contribution in [3.8, 4) is 0 Å².